The molecule has 7 rings (SSSR count). The molecule has 30 heavy (non-hydrogen) atoms. The summed E-state index contributed by atoms with van der Waals surface area (Å²) in [4.78, 5) is 29.3. The fourth-order valence-corrected chi connectivity index (χ4v) is 6.20. The third-order valence-electron chi connectivity index (χ3n) is 7.49. The van der Waals surface area contributed by atoms with Crippen LogP contribution in [0.15, 0.2) is 78.9 Å². The van der Waals surface area contributed by atoms with Gasteiger partial charge in [0, 0.05) is 11.8 Å². The van der Waals surface area contributed by atoms with Gasteiger partial charge in [-0.1, -0.05) is 78.9 Å². The molecule has 2 atom stereocenters. The van der Waals surface area contributed by atoms with Gasteiger partial charge in [-0.15, -0.1) is 0 Å². The molecule has 3 heteroatoms. The van der Waals surface area contributed by atoms with E-state index in [0.717, 1.165) is 5.56 Å². The van der Waals surface area contributed by atoms with E-state index in [1.165, 1.54) is 22.3 Å². The van der Waals surface area contributed by atoms with Crippen molar-refractivity contribution in [2.45, 2.75) is 31.2 Å². The van der Waals surface area contributed by atoms with Crippen molar-refractivity contribution < 1.29 is 9.59 Å². The number of amides is 2. The van der Waals surface area contributed by atoms with Crippen LogP contribution in [0.5, 0.6) is 0 Å². The molecule has 2 amide bonds. The van der Waals surface area contributed by atoms with Crippen molar-refractivity contribution in [2.75, 3.05) is 0 Å². The highest BCUT2D eigenvalue weighted by Crippen LogP contribution is 2.61. The van der Waals surface area contributed by atoms with Gasteiger partial charge in [-0.2, -0.15) is 0 Å². The zero-order valence-electron chi connectivity index (χ0n) is 17.1. The van der Waals surface area contributed by atoms with Gasteiger partial charge in [-0.3, -0.25) is 14.5 Å². The molecule has 3 aromatic carbocycles. The molecule has 3 nitrogen and oxygen atoms in total. The predicted molar refractivity (Wildman–Crippen MR) is 115 cm³/mol. The average Bonchev–Trinajstić information content (AvgIpc) is 3.06. The van der Waals surface area contributed by atoms with Crippen LogP contribution in [0.3, 0.4) is 0 Å². The smallest absolute Gasteiger partial charge is 0.234 e. The van der Waals surface area contributed by atoms with Crippen LogP contribution in [0.25, 0.3) is 0 Å². The number of imide groups is 1. The molecule has 0 saturated carbocycles. The molecule has 1 heterocycles. The minimum Gasteiger partial charge on any atom is -0.274 e. The summed E-state index contributed by atoms with van der Waals surface area (Å²) in [7, 11) is 0. The Morgan fingerprint density at radius 3 is 1.37 bits per heavy atom. The lowest BCUT2D eigenvalue weighted by molar-refractivity contribution is -0.146. The van der Waals surface area contributed by atoms with Crippen LogP contribution in [0.2, 0.25) is 0 Å². The number of carbonyl (C=O) groups is 2. The van der Waals surface area contributed by atoms with E-state index in [1.54, 1.807) is 4.90 Å². The number of nitrogens with zero attached hydrogens (tertiary/aromatic N) is 1. The second kappa shape index (κ2) is 5.91. The Bertz CT molecular complexity index is 1080. The molecule has 0 spiro atoms. The second-order valence-electron chi connectivity index (χ2n) is 9.20. The lowest BCUT2D eigenvalue weighted by Crippen LogP contribution is -2.46. The van der Waals surface area contributed by atoms with E-state index in [9.17, 15) is 9.59 Å². The third kappa shape index (κ3) is 2.05. The molecule has 2 bridgehead atoms. The van der Waals surface area contributed by atoms with Crippen molar-refractivity contribution in [3.63, 3.8) is 0 Å². The number of benzene rings is 3. The van der Waals surface area contributed by atoms with Crippen molar-refractivity contribution in [2.24, 2.45) is 11.8 Å². The van der Waals surface area contributed by atoms with E-state index in [0.29, 0.717) is 0 Å². The maximum Gasteiger partial charge on any atom is 0.234 e. The Labute approximate surface area is 176 Å². The van der Waals surface area contributed by atoms with Crippen LogP contribution in [0, 0.1) is 11.8 Å². The van der Waals surface area contributed by atoms with Crippen LogP contribution in [-0.4, -0.2) is 16.7 Å². The van der Waals surface area contributed by atoms with Crippen molar-refractivity contribution >= 4 is 11.8 Å². The van der Waals surface area contributed by atoms with E-state index in [-0.39, 0.29) is 35.5 Å². The summed E-state index contributed by atoms with van der Waals surface area (Å²) in [5, 5.41) is 0. The summed E-state index contributed by atoms with van der Waals surface area (Å²) in [5.41, 5.74) is 5.13. The van der Waals surface area contributed by atoms with Crippen LogP contribution in [0.4, 0.5) is 0 Å². The van der Waals surface area contributed by atoms with Gasteiger partial charge in [0.05, 0.1) is 17.4 Å². The van der Waals surface area contributed by atoms with Crippen molar-refractivity contribution in [3.05, 3.63) is 107 Å². The molecule has 3 aliphatic carbocycles. The molecule has 3 aromatic rings. The Morgan fingerprint density at radius 1 is 0.600 bits per heavy atom. The summed E-state index contributed by atoms with van der Waals surface area (Å²) in [6, 6.07) is 26.6. The van der Waals surface area contributed by atoms with Gasteiger partial charge in [0.25, 0.3) is 0 Å². The largest absolute Gasteiger partial charge is 0.274 e. The molecule has 0 unspecified atom stereocenters. The summed E-state index contributed by atoms with van der Waals surface area (Å²) in [6.45, 7) is 3.97. The normalized spacial score (nSPS) is 26.4. The second-order valence-corrected chi connectivity index (χ2v) is 9.20. The zero-order chi connectivity index (χ0) is 20.6. The monoisotopic (exact) mass is 393 g/mol. The SMILES string of the molecule is CC(C)(c1ccccc1)N1C(=O)[C@H]2C3c4ccccc4C(c4ccccc43)[C@@H]2C1=O. The van der Waals surface area contributed by atoms with Gasteiger partial charge in [-0.25, -0.2) is 0 Å². The van der Waals surface area contributed by atoms with Crippen LogP contribution in [0.1, 0.15) is 53.5 Å². The first-order valence-corrected chi connectivity index (χ1v) is 10.6. The van der Waals surface area contributed by atoms with E-state index < -0.39 is 5.54 Å². The summed E-state index contributed by atoms with van der Waals surface area (Å²) in [6.07, 6.45) is 0. The van der Waals surface area contributed by atoms with E-state index in [4.69, 9.17) is 0 Å². The maximum absolute atomic E-state index is 13.9. The Morgan fingerprint density at radius 2 is 0.967 bits per heavy atom. The fraction of sp³-hybridized carbons (Fsp3) is 0.259. The highest BCUT2D eigenvalue weighted by Gasteiger charge is 2.63. The molecule has 0 N–H and O–H groups in total. The maximum atomic E-state index is 13.9. The van der Waals surface area contributed by atoms with Crippen LogP contribution in [-0.2, 0) is 15.1 Å². The first kappa shape index (κ1) is 17.6. The Balaban J connectivity index is 1.55. The van der Waals surface area contributed by atoms with E-state index in [2.05, 4.69) is 24.3 Å². The van der Waals surface area contributed by atoms with Gasteiger partial charge in [0.1, 0.15) is 0 Å². The average molecular weight is 393 g/mol. The topological polar surface area (TPSA) is 37.4 Å². The van der Waals surface area contributed by atoms with Crippen LogP contribution < -0.4 is 0 Å². The standard InChI is InChI=1S/C27H23NO2/c1-27(2,16-10-4-3-5-11-16)28-25(29)23-21-17-12-6-7-13-18(17)22(24(23)26(28)30)20-15-9-8-14-19(20)21/h3-15,21-24H,1-2H3/t21?,22?,23-,24-/m0/s1. The quantitative estimate of drug-likeness (QED) is 0.586. The minimum absolute atomic E-state index is 0.0298. The number of hydrogen-bond acceptors (Lipinski definition) is 2. The summed E-state index contributed by atoms with van der Waals surface area (Å²) in [5.74, 6) is -0.817. The van der Waals surface area contributed by atoms with Gasteiger partial charge >= 0.3 is 0 Å². The van der Waals surface area contributed by atoms with Crippen molar-refractivity contribution in [1.82, 2.24) is 4.90 Å². The lowest BCUT2D eigenvalue weighted by atomic mass is 9.55. The molecule has 1 fully saturated rings. The predicted octanol–water partition coefficient (Wildman–Crippen LogP) is 4.81. The molecule has 1 aliphatic heterocycles. The van der Waals surface area contributed by atoms with E-state index >= 15 is 0 Å². The Hall–Kier alpha value is -3.20. The van der Waals surface area contributed by atoms with Gasteiger partial charge < -0.3 is 0 Å². The summed E-state index contributed by atoms with van der Waals surface area (Å²) < 4.78 is 0. The van der Waals surface area contributed by atoms with Crippen molar-refractivity contribution in [1.29, 1.82) is 0 Å². The van der Waals surface area contributed by atoms with Gasteiger partial charge in [0.15, 0.2) is 0 Å². The molecule has 1 saturated heterocycles. The van der Waals surface area contributed by atoms with Gasteiger partial charge in [0.2, 0.25) is 11.8 Å². The molecule has 0 aromatic heterocycles. The Kier molecular flexibility index (Phi) is 3.48. The summed E-state index contributed by atoms with van der Waals surface area (Å²) >= 11 is 0. The number of likely N-dealkylation sites (tertiary alicyclic amines) is 1. The third-order valence-corrected chi connectivity index (χ3v) is 7.49. The lowest BCUT2D eigenvalue weighted by Gasteiger charge is -2.45. The van der Waals surface area contributed by atoms with Crippen LogP contribution >= 0.6 is 0 Å². The highest BCUT2D eigenvalue weighted by atomic mass is 16.2. The number of rotatable bonds is 2. The zero-order valence-corrected chi connectivity index (χ0v) is 17.1. The highest BCUT2D eigenvalue weighted by molar-refractivity contribution is 6.08. The molecule has 0 radical (unpaired) electrons. The molecular weight excluding hydrogens is 370 g/mol. The molecule has 148 valence electrons. The first-order valence-electron chi connectivity index (χ1n) is 10.6. The fourth-order valence-electron chi connectivity index (χ4n) is 6.20. The molecular formula is C27H23NO2. The van der Waals surface area contributed by atoms with Crippen molar-refractivity contribution in [3.8, 4) is 0 Å². The van der Waals surface area contributed by atoms with Gasteiger partial charge in [-0.05, 0) is 41.7 Å². The molecule has 4 aliphatic rings. The number of hydrogen-bond donors (Lipinski definition) is 0. The minimum atomic E-state index is -0.690. The number of carbonyl (C=O) groups excluding carboxylic acids is 2. The first-order chi connectivity index (χ1) is 14.5. The van der Waals surface area contributed by atoms with E-state index in [1.807, 2.05) is 68.4 Å².